The summed E-state index contributed by atoms with van der Waals surface area (Å²) in [6.45, 7) is 1.95. The number of anilines is 2. The molecule has 138 valence electrons. The summed E-state index contributed by atoms with van der Waals surface area (Å²) in [6.07, 6.45) is 0.616. The fourth-order valence-corrected chi connectivity index (χ4v) is 3.27. The molecule has 0 unspecified atom stereocenters. The first kappa shape index (κ1) is 19.0. The standard InChI is InChI=1S/C19H17ClN4O2S/c1-12-5-4-6-13(11-12)21-18(26)19-24-23-17(27-19)10-9-16(25)22-15-8-3-2-7-14(15)20/h2-8,11H,9-10H2,1H3,(H,21,26)(H,22,25). The number of hydrogen-bond acceptors (Lipinski definition) is 5. The van der Waals surface area contributed by atoms with Crippen LogP contribution in [0.3, 0.4) is 0 Å². The molecule has 2 amide bonds. The van der Waals surface area contributed by atoms with Crippen molar-refractivity contribution in [1.82, 2.24) is 10.2 Å². The van der Waals surface area contributed by atoms with Crippen molar-refractivity contribution in [1.29, 1.82) is 0 Å². The molecule has 0 radical (unpaired) electrons. The Morgan fingerprint density at radius 1 is 1.07 bits per heavy atom. The summed E-state index contributed by atoms with van der Waals surface area (Å²) in [4.78, 5) is 24.3. The summed E-state index contributed by atoms with van der Waals surface area (Å²) >= 11 is 7.20. The van der Waals surface area contributed by atoms with Gasteiger partial charge in [0.2, 0.25) is 10.9 Å². The number of aromatic nitrogens is 2. The van der Waals surface area contributed by atoms with Crippen molar-refractivity contribution in [2.75, 3.05) is 10.6 Å². The van der Waals surface area contributed by atoms with Crippen LogP contribution in [0.4, 0.5) is 11.4 Å². The van der Waals surface area contributed by atoms with Crippen LogP contribution in [0.15, 0.2) is 48.5 Å². The molecule has 0 saturated heterocycles. The summed E-state index contributed by atoms with van der Waals surface area (Å²) in [7, 11) is 0. The molecule has 0 aliphatic carbocycles. The molecule has 2 aromatic carbocycles. The zero-order chi connectivity index (χ0) is 19.2. The third-order valence-corrected chi connectivity index (χ3v) is 4.96. The first-order valence-corrected chi connectivity index (χ1v) is 9.45. The van der Waals surface area contributed by atoms with E-state index in [9.17, 15) is 9.59 Å². The third kappa shape index (κ3) is 5.35. The number of para-hydroxylation sites is 1. The van der Waals surface area contributed by atoms with E-state index in [0.717, 1.165) is 5.56 Å². The van der Waals surface area contributed by atoms with Crippen LogP contribution in [0.1, 0.15) is 26.8 Å². The number of benzene rings is 2. The van der Waals surface area contributed by atoms with Gasteiger partial charge >= 0.3 is 0 Å². The summed E-state index contributed by atoms with van der Waals surface area (Å²) in [5.74, 6) is -0.492. The van der Waals surface area contributed by atoms with Crippen LogP contribution < -0.4 is 10.6 Å². The van der Waals surface area contributed by atoms with Crippen LogP contribution in [-0.4, -0.2) is 22.0 Å². The van der Waals surface area contributed by atoms with Crippen LogP contribution in [0, 0.1) is 6.92 Å². The molecule has 1 heterocycles. The van der Waals surface area contributed by atoms with Gasteiger partial charge in [0.15, 0.2) is 0 Å². The smallest absolute Gasteiger partial charge is 0.286 e. The maximum Gasteiger partial charge on any atom is 0.286 e. The maximum atomic E-state index is 12.3. The van der Waals surface area contributed by atoms with E-state index in [1.54, 1.807) is 24.3 Å². The summed E-state index contributed by atoms with van der Waals surface area (Å²) in [5.41, 5.74) is 2.32. The highest BCUT2D eigenvalue weighted by Crippen LogP contribution is 2.21. The molecule has 0 aliphatic heterocycles. The minimum absolute atomic E-state index is 0.177. The average Bonchev–Trinajstić information content (AvgIpc) is 3.11. The number of rotatable bonds is 6. The van der Waals surface area contributed by atoms with Crippen molar-refractivity contribution >= 4 is 46.1 Å². The second-order valence-corrected chi connectivity index (χ2v) is 7.32. The van der Waals surface area contributed by atoms with Crippen molar-refractivity contribution < 1.29 is 9.59 Å². The first-order valence-electron chi connectivity index (χ1n) is 8.26. The summed E-state index contributed by atoms with van der Waals surface area (Å²) in [6, 6.07) is 14.5. The normalized spacial score (nSPS) is 10.4. The zero-order valence-electron chi connectivity index (χ0n) is 14.5. The summed E-state index contributed by atoms with van der Waals surface area (Å²) in [5, 5.41) is 14.8. The number of nitrogens with zero attached hydrogens (tertiary/aromatic N) is 2. The van der Waals surface area contributed by atoms with Gasteiger partial charge in [-0.05, 0) is 36.8 Å². The van der Waals surface area contributed by atoms with Crippen molar-refractivity contribution in [3.8, 4) is 0 Å². The van der Waals surface area contributed by atoms with E-state index in [1.807, 2.05) is 31.2 Å². The summed E-state index contributed by atoms with van der Waals surface area (Å²) < 4.78 is 0. The number of nitrogens with one attached hydrogen (secondary N) is 2. The fourth-order valence-electron chi connectivity index (χ4n) is 2.35. The van der Waals surface area contributed by atoms with Crippen LogP contribution in [-0.2, 0) is 11.2 Å². The van der Waals surface area contributed by atoms with Crippen molar-refractivity contribution in [2.45, 2.75) is 19.8 Å². The Bertz CT molecular complexity index is 974. The molecular weight excluding hydrogens is 384 g/mol. The van der Waals surface area contributed by atoms with Crippen molar-refractivity contribution in [3.05, 3.63) is 69.1 Å². The van der Waals surface area contributed by atoms with E-state index in [2.05, 4.69) is 20.8 Å². The molecule has 0 atom stereocenters. The van der Waals surface area contributed by atoms with Crippen LogP contribution in [0.2, 0.25) is 5.02 Å². The van der Waals surface area contributed by atoms with Gasteiger partial charge in [-0.2, -0.15) is 0 Å². The van der Waals surface area contributed by atoms with Gasteiger partial charge in [0.1, 0.15) is 5.01 Å². The largest absolute Gasteiger partial charge is 0.325 e. The molecule has 27 heavy (non-hydrogen) atoms. The average molecular weight is 401 g/mol. The predicted molar refractivity (Wildman–Crippen MR) is 107 cm³/mol. The van der Waals surface area contributed by atoms with E-state index in [1.165, 1.54) is 11.3 Å². The monoisotopic (exact) mass is 400 g/mol. The maximum absolute atomic E-state index is 12.3. The van der Waals surface area contributed by atoms with Gasteiger partial charge in [-0.1, -0.05) is 47.2 Å². The van der Waals surface area contributed by atoms with E-state index in [0.29, 0.717) is 27.8 Å². The van der Waals surface area contributed by atoms with Gasteiger partial charge in [0.05, 0.1) is 10.7 Å². The van der Waals surface area contributed by atoms with E-state index in [-0.39, 0.29) is 23.2 Å². The molecule has 6 nitrogen and oxygen atoms in total. The van der Waals surface area contributed by atoms with E-state index < -0.39 is 0 Å². The number of hydrogen-bond donors (Lipinski definition) is 2. The molecule has 3 rings (SSSR count). The second kappa shape index (κ2) is 8.75. The third-order valence-electron chi connectivity index (χ3n) is 3.65. The Hall–Kier alpha value is -2.77. The molecule has 8 heteroatoms. The molecule has 3 aromatic rings. The van der Waals surface area contributed by atoms with Gasteiger partial charge < -0.3 is 10.6 Å². The van der Waals surface area contributed by atoms with Gasteiger partial charge in [-0.25, -0.2) is 0 Å². The highest BCUT2D eigenvalue weighted by atomic mass is 35.5. The minimum atomic E-state index is -0.315. The van der Waals surface area contributed by atoms with Gasteiger partial charge in [0.25, 0.3) is 5.91 Å². The van der Waals surface area contributed by atoms with Crippen LogP contribution in [0.25, 0.3) is 0 Å². The Morgan fingerprint density at radius 2 is 1.89 bits per heavy atom. The molecule has 0 saturated carbocycles. The molecule has 0 bridgehead atoms. The number of carbonyl (C=O) groups is 2. The Labute approximate surface area is 165 Å². The second-order valence-electron chi connectivity index (χ2n) is 5.85. The topological polar surface area (TPSA) is 84.0 Å². The Morgan fingerprint density at radius 3 is 2.67 bits per heavy atom. The predicted octanol–water partition coefficient (Wildman–Crippen LogP) is 4.32. The zero-order valence-corrected chi connectivity index (χ0v) is 16.1. The molecule has 0 fully saturated rings. The number of halogens is 1. The van der Waals surface area contributed by atoms with Crippen molar-refractivity contribution in [3.63, 3.8) is 0 Å². The molecule has 1 aromatic heterocycles. The van der Waals surface area contributed by atoms with E-state index in [4.69, 9.17) is 11.6 Å². The van der Waals surface area contributed by atoms with Crippen molar-refractivity contribution in [2.24, 2.45) is 0 Å². The molecule has 0 spiro atoms. The lowest BCUT2D eigenvalue weighted by molar-refractivity contribution is -0.116. The van der Waals surface area contributed by atoms with Crippen LogP contribution >= 0.6 is 22.9 Å². The Balaban J connectivity index is 1.54. The quantitative estimate of drug-likeness (QED) is 0.645. The SMILES string of the molecule is Cc1cccc(NC(=O)c2nnc(CCC(=O)Nc3ccccc3Cl)s2)c1. The molecule has 2 N–H and O–H groups in total. The highest BCUT2D eigenvalue weighted by molar-refractivity contribution is 7.13. The minimum Gasteiger partial charge on any atom is -0.325 e. The van der Waals surface area contributed by atoms with Gasteiger partial charge in [-0.3, -0.25) is 9.59 Å². The number of aryl methyl sites for hydroxylation is 2. The van der Waals surface area contributed by atoms with Gasteiger partial charge in [0, 0.05) is 18.5 Å². The number of amides is 2. The first-order chi connectivity index (χ1) is 13.0. The molecular formula is C19H17ClN4O2S. The Kier molecular flexibility index (Phi) is 6.16. The lowest BCUT2D eigenvalue weighted by atomic mass is 10.2. The van der Waals surface area contributed by atoms with E-state index >= 15 is 0 Å². The van der Waals surface area contributed by atoms with Gasteiger partial charge in [-0.15, -0.1) is 10.2 Å². The lowest BCUT2D eigenvalue weighted by Gasteiger charge is -2.05. The fraction of sp³-hybridized carbons (Fsp3) is 0.158. The number of carbonyl (C=O) groups excluding carboxylic acids is 2. The molecule has 0 aliphatic rings. The highest BCUT2D eigenvalue weighted by Gasteiger charge is 2.14. The van der Waals surface area contributed by atoms with Crippen LogP contribution in [0.5, 0.6) is 0 Å². The lowest BCUT2D eigenvalue weighted by Crippen LogP contribution is -2.12.